The molecule has 0 aliphatic heterocycles. The third-order valence-electron chi connectivity index (χ3n) is 10.9. The van der Waals surface area contributed by atoms with Gasteiger partial charge in [0.15, 0.2) is 17.5 Å². The highest BCUT2D eigenvalue weighted by atomic mass is 16.3. The van der Waals surface area contributed by atoms with Crippen molar-refractivity contribution in [3.63, 3.8) is 0 Å². The summed E-state index contributed by atoms with van der Waals surface area (Å²) in [6.07, 6.45) is 0. The van der Waals surface area contributed by atoms with Gasteiger partial charge in [-0.3, -0.25) is 0 Å². The molecule has 0 atom stereocenters. The number of furan rings is 1. The lowest BCUT2D eigenvalue weighted by atomic mass is 9.94. The number of hydrogen-bond donors (Lipinski definition) is 0. The van der Waals surface area contributed by atoms with E-state index in [1.165, 1.54) is 16.5 Å². The number of rotatable bonds is 6. The summed E-state index contributed by atoms with van der Waals surface area (Å²) in [6.45, 7) is 0. The Bertz CT molecular complexity index is 3260. The van der Waals surface area contributed by atoms with Gasteiger partial charge in [0.25, 0.3) is 0 Å². The molecule has 0 N–H and O–H groups in total. The summed E-state index contributed by atoms with van der Waals surface area (Å²) in [4.78, 5) is 15.3. The van der Waals surface area contributed by atoms with Crippen LogP contribution in [-0.2, 0) is 0 Å². The lowest BCUT2D eigenvalue weighted by Crippen LogP contribution is -2.00. The molecule has 2 heterocycles. The molecule has 0 aliphatic carbocycles. The van der Waals surface area contributed by atoms with Gasteiger partial charge in [-0.05, 0) is 79.7 Å². The summed E-state index contributed by atoms with van der Waals surface area (Å²) in [6, 6.07) is 69.9. The number of nitrogens with zero attached hydrogens (tertiary/aromatic N) is 3. The molecule has 0 unspecified atom stereocenters. The number of fused-ring (bicyclic) bond motifs is 5. The smallest absolute Gasteiger partial charge is 0.164 e. The molecule has 11 aromatic rings. The van der Waals surface area contributed by atoms with Gasteiger partial charge in [0.05, 0.1) is 0 Å². The first-order chi connectivity index (χ1) is 28.2. The Morgan fingerprint density at radius 1 is 0.281 bits per heavy atom. The van der Waals surface area contributed by atoms with Crippen LogP contribution in [0.4, 0.5) is 0 Å². The zero-order valence-electron chi connectivity index (χ0n) is 30.8. The molecule has 0 amide bonds. The SMILES string of the molecule is c1ccc(-c2cc(-c3ccc(-c4nc(-c5ccccc5)nc(-c5ccc(-c6ccccc6)c6ccccc56)n4)cc3)c3oc4cc5ccccc5cc4c3c2)cc1. The van der Waals surface area contributed by atoms with Crippen LogP contribution in [0.5, 0.6) is 0 Å². The molecule has 0 spiro atoms. The molecule has 0 bridgehead atoms. The van der Waals surface area contributed by atoms with Crippen LogP contribution < -0.4 is 0 Å². The van der Waals surface area contributed by atoms with Crippen LogP contribution in [-0.4, -0.2) is 15.0 Å². The maximum atomic E-state index is 6.72. The molecule has 9 aromatic carbocycles. The predicted octanol–water partition coefficient (Wildman–Crippen LogP) is 14.1. The van der Waals surface area contributed by atoms with Gasteiger partial charge in [-0.2, -0.15) is 0 Å². The first-order valence-corrected chi connectivity index (χ1v) is 19.2. The van der Waals surface area contributed by atoms with Gasteiger partial charge in [0, 0.05) is 33.0 Å². The Balaban J connectivity index is 1.06. The summed E-state index contributed by atoms with van der Waals surface area (Å²) in [7, 11) is 0. The highest BCUT2D eigenvalue weighted by molar-refractivity contribution is 6.14. The Hall–Kier alpha value is -7.69. The monoisotopic (exact) mass is 727 g/mol. The van der Waals surface area contributed by atoms with E-state index in [0.29, 0.717) is 17.5 Å². The normalized spacial score (nSPS) is 11.5. The van der Waals surface area contributed by atoms with Crippen molar-refractivity contribution in [2.45, 2.75) is 0 Å². The summed E-state index contributed by atoms with van der Waals surface area (Å²) in [5.41, 5.74) is 11.2. The zero-order valence-corrected chi connectivity index (χ0v) is 30.8. The van der Waals surface area contributed by atoms with Gasteiger partial charge in [-0.25, -0.2) is 15.0 Å². The van der Waals surface area contributed by atoms with E-state index >= 15 is 0 Å². The predicted molar refractivity (Wildman–Crippen MR) is 235 cm³/mol. The van der Waals surface area contributed by atoms with Crippen molar-refractivity contribution in [1.82, 2.24) is 15.0 Å². The van der Waals surface area contributed by atoms with Crippen molar-refractivity contribution in [3.8, 4) is 67.5 Å². The quantitative estimate of drug-likeness (QED) is 0.171. The maximum absolute atomic E-state index is 6.72. The van der Waals surface area contributed by atoms with E-state index in [2.05, 4.69) is 164 Å². The Labute approximate surface area is 329 Å². The van der Waals surface area contributed by atoms with E-state index in [1.807, 2.05) is 36.4 Å². The zero-order chi connectivity index (χ0) is 37.7. The summed E-state index contributed by atoms with van der Waals surface area (Å²) >= 11 is 0. The molecule has 57 heavy (non-hydrogen) atoms. The van der Waals surface area contributed by atoms with Gasteiger partial charge in [-0.15, -0.1) is 0 Å². The van der Waals surface area contributed by atoms with Crippen molar-refractivity contribution in [1.29, 1.82) is 0 Å². The summed E-state index contributed by atoms with van der Waals surface area (Å²) < 4.78 is 6.72. The van der Waals surface area contributed by atoms with Gasteiger partial charge in [0.2, 0.25) is 0 Å². The number of hydrogen-bond acceptors (Lipinski definition) is 4. The van der Waals surface area contributed by atoms with E-state index in [4.69, 9.17) is 19.4 Å². The second kappa shape index (κ2) is 13.6. The van der Waals surface area contributed by atoms with Crippen LogP contribution >= 0.6 is 0 Å². The number of aromatic nitrogens is 3. The minimum Gasteiger partial charge on any atom is -0.455 e. The molecule has 4 heteroatoms. The van der Waals surface area contributed by atoms with Crippen LogP contribution in [0, 0.1) is 0 Å². The molecule has 11 rings (SSSR count). The largest absolute Gasteiger partial charge is 0.455 e. The lowest BCUT2D eigenvalue weighted by Gasteiger charge is -2.13. The molecule has 0 saturated carbocycles. The van der Waals surface area contributed by atoms with Gasteiger partial charge < -0.3 is 4.42 Å². The topological polar surface area (TPSA) is 51.8 Å². The van der Waals surface area contributed by atoms with E-state index < -0.39 is 0 Å². The van der Waals surface area contributed by atoms with Gasteiger partial charge in [0.1, 0.15) is 11.2 Å². The first-order valence-electron chi connectivity index (χ1n) is 19.2. The van der Waals surface area contributed by atoms with Crippen molar-refractivity contribution < 1.29 is 4.42 Å². The van der Waals surface area contributed by atoms with Crippen molar-refractivity contribution in [2.75, 3.05) is 0 Å². The molecule has 0 fully saturated rings. The Morgan fingerprint density at radius 2 is 0.772 bits per heavy atom. The van der Waals surface area contributed by atoms with Crippen LogP contribution in [0.15, 0.2) is 205 Å². The fourth-order valence-electron chi connectivity index (χ4n) is 8.08. The highest BCUT2D eigenvalue weighted by Gasteiger charge is 2.19. The molecular weight excluding hydrogens is 695 g/mol. The van der Waals surface area contributed by atoms with Crippen LogP contribution in [0.25, 0.3) is 111 Å². The molecule has 0 saturated heterocycles. The average molecular weight is 728 g/mol. The third-order valence-corrected chi connectivity index (χ3v) is 10.9. The minimum absolute atomic E-state index is 0.611. The van der Waals surface area contributed by atoms with E-state index in [-0.39, 0.29) is 0 Å². The maximum Gasteiger partial charge on any atom is 0.164 e. The first kappa shape index (κ1) is 32.7. The lowest BCUT2D eigenvalue weighted by molar-refractivity contribution is 0.670. The minimum atomic E-state index is 0.611. The Kier molecular flexibility index (Phi) is 7.78. The van der Waals surface area contributed by atoms with Crippen molar-refractivity contribution in [3.05, 3.63) is 200 Å². The van der Waals surface area contributed by atoms with E-state index in [9.17, 15) is 0 Å². The van der Waals surface area contributed by atoms with Gasteiger partial charge in [-0.1, -0.05) is 170 Å². The summed E-state index contributed by atoms with van der Waals surface area (Å²) in [5.74, 6) is 1.87. The molecule has 2 aromatic heterocycles. The molecule has 0 aliphatic rings. The van der Waals surface area contributed by atoms with Crippen LogP contribution in [0.1, 0.15) is 0 Å². The highest BCUT2D eigenvalue weighted by Crippen LogP contribution is 2.42. The molecular formula is C53H33N3O. The molecule has 0 radical (unpaired) electrons. The third kappa shape index (κ3) is 5.83. The standard InChI is InChI=1S/C53H33N3O/c1-4-14-34(15-5-1)41-31-46(50-48(32-41)47-30-39-20-10-11-21-40(39)33-49(47)57-50)36-24-26-38(27-25-36)52-54-51(37-18-8-3-9-19-37)55-53(56-52)45-29-28-42(35-16-6-2-7-17-35)43-22-12-13-23-44(43)45/h1-33H. The van der Waals surface area contributed by atoms with E-state index in [0.717, 1.165) is 77.0 Å². The van der Waals surface area contributed by atoms with E-state index in [1.54, 1.807) is 0 Å². The van der Waals surface area contributed by atoms with Gasteiger partial charge >= 0.3 is 0 Å². The van der Waals surface area contributed by atoms with Crippen molar-refractivity contribution in [2.24, 2.45) is 0 Å². The second-order valence-electron chi connectivity index (χ2n) is 14.4. The molecule has 4 nitrogen and oxygen atoms in total. The van der Waals surface area contributed by atoms with Crippen LogP contribution in [0.2, 0.25) is 0 Å². The number of benzene rings is 9. The fraction of sp³-hybridized carbons (Fsp3) is 0. The fourth-order valence-corrected chi connectivity index (χ4v) is 8.08. The Morgan fingerprint density at radius 3 is 1.46 bits per heavy atom. The second-order valence-corrected chi connectivity index (χ2v) is 14.4. The molecule has 266 valence electrons. The summed E-state index contributed by atoms with van der Waals surface area (Å²) in [5, 5.41) is 6.79. The van der Waals surface area contributed by atoms with Crippen LogP contribution in [0.3, 0.4) is 0 Å². The average Bonchev–Trinajstić information content (AvgIpc) is 3.65. The van der Waals surface area contributed by atoms with Crippen molar-refractivity contribution >= 4 is 43.5 Å².